The Labute approximate surface area is 114 Å². The Morgan fingerprint density at radius 1 is 1.22 bits per heavy atom. The van der Waals surface area contributed by atoms with Crippen molar-refractivity contribution in [3.63, 3.8) is 0 Å². The lowest BCUT2D eigenvalue weighted by Crippen LogP contribution is -2.21. The summed E-state index contributed by atoms with van der Waals surface area (Å²) < 4.78 is 23.3. The van der Waals surface area contributed by atoms with Crippen molar-refractivity contribution < 1.29 is 8.42 Å². The molecule has 0 aliphatic carbocycles. The van der Waals surface area contributed by atoms with Crippen LogP contribution in [0.1, 0.15) is 20.3 Å². The lowest BCUT2D eigenvalue weighted by atomic mass is 10.2. The summed E-state index contributed by atoms with van der Waals surface area (Å²) in [6.07, 6.45) is 3.14. The van der Waals surface area contributed by atoms with Crippen molar-refractivity contribution in [3.8, 4) is 0 Å². The molecule has 0 aliphatic heterocycles. The van der Waals surface area contributed by atoms with Crippen LogP contribution < -0.4 is 5.32 Å². The van der Waals surface area contributed by atoms with Crippen LogP contribution in [0.2, 0.25) is 0 Å². The molecular weight excluding hydrogens is 266 g/mol. The van der Waals surface area contributed by atoms with Gasteiger partial charge in [-0.2, -0.15) is 11.8 Å². The van der Waals surface area contributed by atoms with E-state index in [1.807, 2.05) is 12.1 Å². The first kappa shape index (κ1) is 15.4. The maximum absolute atomic E-state index is 11.7. The minimum atomic E-state index is -3.09. The van der Waals surface area contributed by atoms with E-state index in [1.54, 1.807) is 30.8 Å². The Morgan fingerprint density at radius 2 is 1.83 bits per heavy atom. The Hall–Kier alpha value is -0.680. The first-order valence-corrected chi connectivity index (χ1v) is 9.16. The van der Waals surface area contributed by atoms with Crippen LogP contribution in [-0.4, -0.2) is 32.2 Å². The summed E-state index contributed by atoms with van der Waals surface area (Å²) in [6, 6.07) is 7.45. The Kier molecular flexibility index (Phi) is 6.02. The summed E-state index contributed by atoms with van der Waals surface area (Å²) in [4.78, 5) is 0.397. The van der Waals surface area contributed by atoms with Gasteiger partial charge in [0.25, 0.3) is 0 Å². The molecule has 1 aromatic rings. The van der Waals surface area contributed by atoms with Crippen LogP contribution in [0.5, 0.6) is 0 Å². The van der Waals surface area contributed by atoms with Gasteiger partial charge in [-0.15, -0.1) is 0 Å². The summed E-state index contributed by atoms with van der Waals surface area (Å²) in [5.41, 5.74) is 0.978. The topological polar surface area (TPSA) is 46.2 Å². The first-order chi connectivity index (χ1) is 8.53. The fourth-order valence-electron chi connectivity index (χ4n) is 1.62. The molecule has 0 saturated carbocycles. The number of rotatable bonds is 7. The molecule has 0 radical (unpaired) electrons. The maximum atomic E-state index is 11.7. The van der Waals surface area contributed by atoms with Gasteiger partial charge in [0.15, 0.2) is 9.84 Å². The number of anilines is 1. The van der Waals surface area contributed by atoms with E-state index in [9.17, 15) is 8.42 Å². The van der Waals surface area contributed by atoms with Gasteiger partial charge in [0.1, 0.15) is 0 Å². The van der Waals surface area contributed by atoms with Crippen LogP contribution >= 0.6 is 11.8 Å². The third-order valence-electron chi connectivity index (χ3n) is 2.82. The highest BCUT2D eigenvalue weighted by Crippen LogP contribution is 2.17. The number of nitrogens with one attached hydrogen (secondary N) is 1. The number of sulfone groups is 1. The molecule has 0 amide bonds. The lowest BCUT2D eigenvalue weighted by Gasteiger charge is -2.17. The van der Waals surface area contributed by atoms with Gasteiger partial charge in [0.05, 0.1) is 10.6 Å². The van der Waals surface area contributed by atoms with E-state index in [4.69, 9.17) is 0 Å². The molecule has 0 heterocycles. The summed E-state index contributed by atoms with van der Waals surface area (Å²) in [6.45, 7) is 3.80. The molecule has 18 heavy (non-hydrogen) atoms. The molecule has 102 valence electrons. The Morgan fingerprint density at radius 3 is 2.28 bits per heavy atom. The quantitative estimate of drug-likeness (QED) is 0.837. The second kappa shape index (κ2) is 7.04. The largest absolute Gasteiger partial charge is 0.381 e. The number of thioether (sulfide) groups is 1. The zero-order valence-electron chi connectivity index (χ0n) is 11.1. The highest BCUT2D eigenvalue weighted by molar-refractivity contribution is 7.98. The third kappa shape index (κ3) is 4.21. The molecule has 0 aliphatic rings. The molecule has 0 saturated heterocycles. The van der Waals surface area contributed by atoms with Crippen LogP contribution in [-0.2, 0) is 9.84 Å². The number of hydrogen-bond acceptors (Lipinski definition) is 4. The van der Waals surface area contributed by atoms with E-state index >= 15 is 0 Å². The van der Waals surface area contributed by atoms with Gasteiger partial charge >= 0.3 is 0 Å². The van der Waals surface area contributed by atoms with Crippen molar-refractivity contribution >= 4 is 27.3 Å². The Bertz CT molecular complexity index is 454. The monoisotopic (exact) mass is 287 g/mol. The molecule has 1 atom stereocenters. The van der Waals surface area contributed by atoms with Gasteiger partial charge in [-0.05, 0) is 36.9 Å². The van der Waals surface area contributed by atoms with Crippen molar-refractivity contribution in [2.24, 2.45) is 0 Å². The smallest absolute Gasteiger partial charge is 0.178 e. The highest BCUT2D eigenvalue weighted by Gasteiger charge is 2.11. The molecule has 1 unspecified atom stereocenters. The molecular formula is C13H21NO2S2. The average Bonchev–Trinajstić information content (AvgIpc) is 2.39. The molecule has 1 aromatic carbocycles. The fourth-order valence-corrected chi connectivity index (χ4v) is 3.23. The minimum Gasteiger partial charge on any atom is -0.381 e. The van der Waals surface area contributed by atoms with Gasteiger partial charge in [0, 0.05) is 17.5 Å². The van der Waals surface area contributed by atoms with Crippen LogP contribution in [0.3, 0.4) is 0 Å². The van der Waals surface area contributed by atoms with Crippen molar-refractivity contribution in [1.82, 2.24) is 0 Å². The second-order valence-electron chi connectivity index (χ2n) is 4.13. The molecule has 0 aromatic heterocycles. The molecule has 1 rings (SSSR count). The van der Waals surface area contributed by atoms with Gasteiger partial charge in [-0.3, -0.25) is 0 Å². The molecule has 0 bridgehead atoms. The van der Waals surface area contributed by atoms with Gasteiger partial charge < -0.3 is 5.32 Å². The summed E-state index contributed by atoms with van der Waals surface area (Å²) in [7, 11) is -3.09. The molecule has 5 heteroatoms. The average molecular weight is 287 g/mol. The van der Waals surface area contributed by atoms with Crippen LogP contribution in [0, 0.1) is 0 Å². The standard InChI is InChI=1S/C13H21NO2S2/c1-4-11(10-17-3)14-12-6-8-13(9-7-12)18(15,16)5-2/h6-9,11,14H,4-5,10H2,1-3H3. The molecule has 1 N–H and O–H groups in total. The van der Waals surface area contributed by atoms with Gasteiger partial charge in [-0.25, -0.2) is 8.42 Å². The van der Waals surface area contributed by atoms with Crippen molar-refractivity contribution in [1.29, 1.82) is 0 Å². The van der Waals surface area contributed by atoms with Crippen LogP contribution in [0.25, 0.3) is 0 Å². The van der Waals surface area contributed by atoms with E-state index in [1.165, 1.54) is 0 Å². The molecule has 3 nitrogen and oxygen atoms in total. The zero-order chi connectivity index (χ0) is 13.6. The summed E-state index contributed by atoms with van der Waals surface area (Å²) in [5, 5.41) is 3.41. The number of hydrogen-bond donors (Lipinski definition) is 1. The predicted molar refractivity (Wildman–Crippen MR) is 80.3 cm³/mol. The Balaban J connectivity index is 2.77. The third-order valence-corrected chi connectivity index (χ3v) is 5.31. The SMILES string of the molecule is CCC(CSC)Nc1ccc(S(=O)(=O)CC)cc1. The van der Waals surface area contributed by atoms with E-state index in [2.05, 4.69) is 18.5 Å². The number of benzene rings is 1. The van der Waals surface area contributed by atoms with Gasteiger partial charge in [-0.1, -0.05) is 13.8 Å². The second-order valence-corrected chi connectivity index (χ2v) is 7.32. The summed E-state index contributed by atoms with van der Waals surface area (Å²) >= 11 is 1.81. The van der Waals surface area contributed by atoms with Gasteiger partial charge in [0.2, 0.25) is 0 Å². The van der Waals surface area contributed by atoms with Crippen molar-refractivity contribution in [2.45, 2.75) is 31.2 Å². The molecule has 0 fully saturated rings. The summed E-state index contributed by atoms with van der Waals surface area (Å²) in [5.74, 6) is 1.19. The lowest BCUT2D eigenvalue weighted by molar-refractivity contribution is 0.597. The minimum absolute atomic E-state index is 0.143. The maximum Gasteiger partial charge on any atom is 0.178 e. The van der Waals surface area contributed by atoms with Crippen LogP contribution in [0.4, 0.5) is 5.69 Å². The highest BCUT2D eigenvalue weighted by atomic mass is 32.2. The molecule has 0 spiro atoms. The van der Waals surface area contributed by atoms with E-state index < -0.39 is 9.84 Å². The van der Waals surface area contributed by atoms with E-state index in [0.29, 0.717) is 10.9 Å². The fraction of sp³-hybridized carbons (Fsp3) is 0.538. The van der Waals surface area contributed by atoms with E-state index in [-0.39, 0.29) is 5.75 Å². The van der Waals surface area contributed by atoms with E-state index in [0.717, 1.165) is 17.9 Å². The zero-order valence-corrected chi connectivity index (χ0v) is 12.8. The first-order valence-electron chi connectivity index (χ1n) is 6.11. The van der Waals surface area contributed by atoms with Crippen molar-refractivity contribution in [3.05, 3.63) is 24.3 Å². The normalized spacial score (nSPS) is 13.3. The van der Waals surface area contributed by atoms with Crippen molar-refractivity contribution in [2.75, 3.05) is 23.1 Å². The van der Waals surface area contributed by atoms with Crippen LogP contribution in [0.15, 0.2) is 29.2 Å². The predicted octanol–water partition coefficient (Wildman–Crippen LogP) is 3.03.